The van der Waals surface area contributed by atoms with Gasteiger partial charge >= 0.3 is 5.97 Å². The number of cyclic esters (lactones) is 1. The van der Waals surface area contributed by atoms with Gasteiger partial charge in [-0.3, -0.25) is 0 Å². The number of carbonyl (C=O) groups excluding carboxylic acids is 1. The number of carbonyl (C=O) groups is 1. The molecule has 0 aromatic heterocycles. The molecule has 0 amide bonds. The van der Waals surface area contributed by atoms with Crippen LogP contribution in [0.3, 0.4) is 0 Å². The third-order valence-corrected chi connectivity index (χ3v) is 3.14. The number of hydrogen-bond acceptors (Lipinski definition) is 2. The van der Waals surface area contributed by atoms with E-state index in [0.717, 1.165) is 23.1 Å². The van der Waals surface area contributed by atoms with E-state index < -0.39 is 0 Å². The van der Waals surface area contributed by atoms with Crippen LogP contribution in [0.1, 0.15) is 47.7 Å². The lowest BCUT2D eigenvalue weighted by molar-refractivity contribution is 0.0181. The SMILES string of the molecule is CC[C@@H]1OC(=O)c2cc(C)ccc2[C@H]1C. The highest BCUT2D eigenvalue weighted by Crippen LogP contribution is 2.32. The summed E-state index contributed by atoms with van der Waals surface area (Å²) in [4.78, 5) is 11.7. The van der Waals surface area contributed by atoms with Gasteiger partial charge in [0.2, 0.25) is 0 Å². The molecule has 2 atom stereocenters. The second-order valence-electron chi connectivity index (χ2n) is 4.23. The van der Waals surface area contributed by atoms with Gasteiger partial charge in [0, 0.05) is 5.92 Å². The van der Waals surface area contributed by atoms with Gasteiger partial charge in [-0.1, -0.05) is 31.5 Å². The highest BCUT2D eigenvalue weighted by Gasteiger charge is 2.31. The Bertz CT molecular complexity index is 396. The van der Waals surface area contributed by atoms with E-state index in [1.807, 2.05) is 19.9 Å². The van der Waals surface area contributed by atoms with E-state index in [2.05, 4.69) is 19.1 Å². The Kier molecular flexibility index (Phi) is 2.51. The van der Waals surface area contributed by atoms with Crippen molar-refractivity contribution in [3.05, 3.63) is 34.9 Å². The standard InChI is InChI=1S/C13H16O2/c1-4-12-9(3)10-6-5-8(2)7-11(10)13(14)15-12/h5-7,9,12H,4H2,1-3H3/t9-,12+/m1/s1. The van der Waals surface area contributed by atoms with E-state index >= 15 is 0 Å². The zero-order valence-electron chi connectivity index (χ0n) is 9.41. The molecule has 1 aliphatic rings. The van der Waals surface area contributed by atoms with Gasteiger partial charge in [0.15, 0.2) is 0 Å². The van der Waals surface area contributed by atoms with E-state index in [9.17, 15) is 4.79 Å². The quantitative estimate of drug-likeness (QED) is 0.657. The van der Waals surface area contributed by atoms with E-state index in [-0.39, 0.29) is 12.1 Å². The molecule has 0 unspecified atom stereocenters. The molecule has 1 aromatic rings. The van der Waals surface area contributed by atoms with Crippen molar-refractivity contribution in [1.82, 2.24) is 0 Å². The minimum absolute atomic E-state index is 0.0349. The molecule has 0 aliphatic carbocycles. The van der Waals surface area contributed by atoms with Crippen molar-refractivity contribution >= 4 is 5.97 Å². The fraction of sp³-hybridized carbons (Fsp3) is 0.462. The first-order chi connectivity index (χ1) is 7.13. The minimum atomic E-state index is -0.168. The molecule has 0 saturated heterocycles. The first kappa shape index (κ1) is 10.2. The van der Waals surface area contributed by atoms with Gasteiger partial charge in [-0.15, -0.1) is 0 Å². The van der Waals surface area contributed by atoms with Crippen molar-refractivity contribution in [1.29, 1.82) is 0 Å². The first-order valence-corrected chi connectivity index (χ1v) is 5.45. The Labute approximate surface area is 90.3 Å². The fourth-order valence-corrected chi connectivity index (χ4v) is 2.18. The van der Waals surface area contributed by atoms with Crippen molar-refractivity contribution < 1.29 is 9.53 Å². The number of ether oxygens (including phenoxy) is 1. The predicted molar refractivity (Wildman–Crippen MR) is 59.1 cm³/mol. The van der Waals surface area contributed by atoms with Crippen LogP contribution < -0.4 is 0 Å². The average molecular weight is 204 g/mol. The van der Waals surface area contributed by atoms with Gasteiger partial charge in [-0.05, 0) is 25.0 Å². The molecule has 0 N–H and O–H groups in total. The lowest BCUT2D eigenvalue weighted by Gasteiger charge is -2.30. The maximum absolute atomic E-state index is 11.7. The van der Waals surface area contributed by atoms with Gasteiger partial charge in [0.1, 0.15) is 6.10 Å². The Morgan fingerprint density at radius 2 is 2.13 bits per heavy atom. The van der Waals surface area contributed by atoms with Crippen molar-refractivity contribution in [2.75, 3.05) is 0 Å². The minimum Gasteiger partial charge on any atom is -0.458 e. The largest absolute Gasteiger partial charge is 0.458 e. The predicted octanol–water partition coefficient (Wildman–Crippen LogP) is 3.05. The molecule has 80 valence electrons. The molecule has 0 saturated carbocycles. The average Bonchev–Trinajstić information content (AvgIpc) is 2.23. The first-order valence-electron chi connectivity index (χ1n) is 5.45. The fourth-order valence-electron chi connectivity index (χ4n) is 2.18. The van der Waals surface area contributed by atoms with Crippen LogP contribution in [0, 0.1) is 6.92 Å². The molecule has 2 heteroatoms. The lowest BCUT2D eigenvalue weighted by Crippen LogP contribution is -2.30. The summed E-state index contributed by atoms with van der Waals surface area (Å²) in [6, 6.07) is 6.03. The van der Waals surface area contributed by atoms with Gasteiger partial charge < -0.3 is 4.74 Å². The Balaban J connectivity index is 2.49. The summed E-state index contributed by atoms with van der Waals surface area (Å²) >= 11 is 0. The van der Waals surface area contributed by atoms with Crippen LogP contribution in [0.5, 0.6) is 0 Å². The second-order valence-corrected chi connectivity index (χ2v) is 4.23. The maximum atomic E-state index is 11.7. The molecule has 0 bridgehead atoms. The third-order valence-electron chi connectivity index (χ3n) is 3.14. The zero-order chi connectivity index (χ0) is 11.0. The highest BCUT2D eigenvalue weighted by atomic mass is 16.5. The molecule has 2 rings (SSSR count). The molecular formula is C13H16O2. The molecule has 1 heterocycles. The van der Waals surface area contributed by atoms with Crippen molar-refractivity contribution in [3.8, 4) is 0 Å². The second kappa shape index (κ2) is 3.69. The Morgan fingerprint density at radius 1 is 1.40 bits per heavy atom. The molecule has 0 radical (unpaired) electrons. The number of aryl methyl sites for hydroxylation is 1. The van der Waals surface area contributed by atoms with Gasteiger partial charge in [0.25, 0.3) is 0 Å². The number of rotatable bonds is 1. The van der Waals surface area contributed by atoms with Gasteiger partial charge in [-0.2, -0.15) is 0 Å². The molecule has 1 aliphatic heterocycles. The van der Waals surface area contributed by atoms with Crippen LogP contribution in [0.15, 0.2) is 18.2 Å². The summed E-state index contributed by atoms with van der Waals surface area (Å²) in [6.07, 6.45) is 0.910. The van der Waals surface area contributed by atoms with Crippen molar-refractivity contribution in [2.24, 2.45) is 0 Å². The van der Waals surface area contributed by atoms with E-state index in [1.54, 1.807) is 0 Å². The highest BCUT2D eigenvalue weighted by molar-refractivity contribution is 5.92. The lowest BCUT2D eigenvalue weighted by atomic mass is 9.87. The van der Waals surface area contributed by atoms with E-state index in [0.29, 0.717) is 5.92 Å². The van der Waals surface area contributed by atoms with Crippen LogP contribution in [-0.4, -0.2) is 12.1 Å². The van der Waals surface area contributed by atoms with Crippen LogP contribution in [0.2, 0.25) is 0 Å². The summed E-state index contributed by atoms with van der Waals surface area (Å²) in [5.74, 6) is 0.141. The van der Waals surface area contributed by atoms with Crippen LogP contribution >= 0.6 is 0 Å². The molecular weight excluding hydrogens is 188 g/mol. The maximum Gasteiger partial charge on any atom is 0.338 e. The number of hydrogen-bond donors (Lipinski definition) is 0. The molecule has 0 spiro atoms. The zero-order valence-corrected chi connectivity index (χ0v) is 9.41. The molecule has 2 nitrogen and oxygen atoms in total. The Hall–Kier alpha value is -1.31. The summed E-state index contributed by atoms with van der Waals surface area (Å²) in [5, 5.41) is 0. The number of fused-ring (bicyclic) bond motifs is 1. The monoisotopic (exact) mass is 204 g/mol. The third kappa shape index (κ3) is 1.65. The van der Waals surface area contributed by atoms with E-state index in [4.69, 9.17) is 4.74 Å². The molecule has 15 heavy (non-hydrogen) atoms. The summed E-state index contributed by atoms with van der Waals surface area (Å²) in [7, 11) is 0. The summed E-state index contributed by atoms with van der Waals surface area (Å²) < 4.78 is 5.39. The van der Waals surface area contributed by atoms with Crippen molar-refractivity contribution in [2.45, 2.75) is 39.2 Å². The van der Waals surface area contributed by atoms with Gasteiger partial charge in [0.05, 0.1) is 5.56 Å². The summed E-state index contributed by atoms with van der Waals surface area (Å²) in [5.41, 5.74) is 2.98. The van der Waals surface area contributed by atoms with Crippen molar-refractivity contribution in [3.63, 3.8) is 0 Å². The normalized spacial score (nSPS) is 24.6. The number of benzene rings is 1. The van der Waals surface area contributed by atoms with Crippen LogP contribution in [-0.2, 0) is 4.74 Å². The van der Waals surface area contributed by atoms with Crippen LogP contribution in [0.25, 0.3) is 0 Å². The Morgan fingerprint density at radius 3 is 2.80 bits per heavy atom. The topological polar surface area (TPSA) is 26.3 Å². The van der Waals surface area contributed by atoms with Crippen LogP contribution in [0.4, 0.5) is 0 Å². The number of esters is 1. The molecule has 1 aromatic carbocycles. The molecule has 0 fully saturated rings. The smallest absolute Gasteiger partial charge is 0.338 e. The van der Waals surface area contributed by atoms with E-state index in [1.165, 1.54) is 0 Å². The summed E-state index contributed by atoms with van der Waals surface area (Å²) in [6.45, 7) is 6.16. The van der Waals surface area contributed by atoms with Gasteiger partial charge in [-0.25, -0.2) is 4.79 Å².